The zero-order chi connectivity index (χ0) is 10.7. The number of nitrogens with two attached hydrogens (primary N) is 1. The topological polar surface area (TPSA) is 48.4 Å². The summed E-state index contributed by atoms with van der Waals surface area (Å²) in [5.41, 5.74) is 6.24. The summed E-state index contributed by atoms with van der Waals surface area (Å²) < 4.78 is 10.6. The van der Waals surface area contributed by atoms with Crippen molar-refractivity contribution in [3.05, 3.63) is 47.4 Å². The number of furan rings is 1. The molecule has 1 aromatic heterocycles. The van der Waals surface area contributed by atoms with Gasteiger partial charge >= 0.3 is 0 Å². The molecule has 1 aromatic carbocycles. The van der Waals surface area contributed by atoms with Gasteiger partial charge in [-0.1, -0.05) is 17.7 Å². The lowest BCUT2D eigenvalue weighted by Crippen LogP contribution is -1.98. The molecule has 0 saturated heterocycles. The van der Waals surface area contributed by atoms with Crippen LogP contribution in [0, 0.1) is 0 Å². The monoisotopic (exact) mass is 223 g/mol. The van der Waals surface area contributed by atoms with E-state index in [2.05, 4.69) is 0 Å². The van der Waals surface area contributed by atoms with Gasteiger partial charge in [0.25, 0.3) is 0 Å². The molecule has 0 amide bonds. The second-order valence-electron chi connectivity index (χ2n) is 3.03. The third-order valence-electron chi connectivity index (χ3n) is 1.94. The summed E-state index contributed by atoms with van der Waals surface area (Å²) >= 11 is 5.93. The van der Waals surface area contributed by atoms with Gasteiger partial charge in [-0.15, -0.1) is 0 Å². The molecule has 0 aliphatic carbocycles. The van der Waals surface area contributed by atoms with Crippen LogP contribution in [-0.4, -0.2) is 0 Å². The lowest BCUT2D eigenvalue weighted by molar-refractivity contribution is 0.272. The molecular formula is C11H10ClNO2. The van der Waals surface area contributed by atoms with E-state index in [-0.39, 0.29) is 0 Å². The van der Waals surface area contributed by atoms with E-state index in [1.54, 1.807) is 30.5 Å². The van der Waals surface area contributed by atoms with Crippen LogP contribution in [0.5, 0.6) is 5.75 Å². The van der Waals surface area contributed by atoms with Gasteiger partial charge in [0.1, 0.15) is 12.4 Å². The lowest BCUT2D eigenvalue weighted by Gasteiger charge is -2.08. The number of ether oxygens (including phenoxy) is 1. The molecule has 0 saturated carbocycles. The molecule has 0 radical (unpaired) electrons. The van der Waals surface area contributed by atoms with Crippen molar-refractivity contribution in [2.45, 2.75) is 6.61 Å². The van der Waals surface area contributed by atoms with Crippen LogP contribution in [0.15, 0.2) is 41.0 Å². The van der Waals surface area contributed by atoms with Crippen molar-refractivity contribution in [3.8, 4) is 5.75 Å². The molecule has 0 unspecified atom stereocenters. The summed E-state index contributed by atoms with van der Waals surface area (Å²) in [6.07, 6.45) is 1.59. The van der Waals surface area contributed by atoms with E-state index >= 15 is 0 Å². The SMILES string of the molecule is Nc1cccc(Cl)c1OCc1ccco1. The number of rotatable bonds is 3. The van der Waals surface area contributed by atoms with Crippen LogP contribution in [-0.2, 0) is 6.61 Å². The van der Waals surface area contributed by atoms with E-state index in [0.717, 1.165) is 5.76 Å². The molecule has 78 valence electrons. The Bertz CT molecular complexity index is 420. The zero-order valence-electron chi connectivity index (χ0n) is 7.94. The minimum atomic E-state index is 0.320. The van der Waals surface area contributed by atoms with Crippen LogP contribution in [0.4, 0.5) is 5.69 Å². The molecule has 2 N–H and O–H groups in total. The van der Waals surface area contributed by atoms with Gasteiger partial charge in [0, 0.05) is 0 Å². The van der Waals surface area contributed by atoms with Gasteiger partial charge < -0.3 is 14.9 Å². The second-order valence-corrected chi connectivity index (χ2v) is 3.43. The summed E-state index contributed by atoms with van der Waals surface area (Å²) in [4.78, 5) is 0. The number of hydrogen-bond donors (Lipinski definition) is 1. The first-order valence-corrected chi connectivity index (χ1v) is 4.84. The summed E-state index contributed by atoms with van der Waals surface area (Å²) in [7, 11) is 0. The van der Waals surface area contributed by atoms with Crippen molar-refractivity contribution in [1.29, 1.82) is 0 Å². The Labute approximate surface area is 92.4 Å². The molecule has 3 nitrogen and oxygen atoms in total. The maximum Gasteiger partial charge on any atom is 0.161 e. The number of benzene rings is 1. The van der Waals surface area contributed by atoms with E-state index in [4.69, 9.17) is 26.5 Å². The van der Waals surface area contributed by atoms with E-state index in [1.807, 2.05) is 6.07 Å². The van der Waals surface area contributed by atoms with Crippen LogP contribution in [0.2, 0.25) is 5.02 Å². The molecule has 0 aliphatic rings. The van der Waals surface area contributed by atoms with Crippen molar-refractivity contribution < 1.29 is 9.15 Å². The normalized spacial score (nSPS) is 10.2. The van der Waals surface area contributed by atoms with Crippen molar-refractivity contribution in [3.63, 3.8) is 0 Å². The number of halogens is 1. The van der Waals surface area contributed by atoms with Gasteiger partial charge in [-0.25, -0.2) is 0 Å². The Balaban J connectivity index is 2.11. The fourth-order valence-corrected chi connectivity index (χ4v) is 1.45. The Kier molecular flexibility index (Phi) is 2.83. The number of nitrogen functional groups attached to an aromatic ring is 1. The Morgan fingerprint density at radius 3 is 2.80 bits per heavy atom. The van der Waals surface area contributed by atoms with Gasteiger partial charge in [-0.3, -0.25) is 0 Å². The molecule has 0 bridgehead atoms. The largest absolute Gasteiger partial charge is 0.482 e. The third-order valence-corrected chi connectivity index (χ3v) is 2.23. The summed E-state index contributed by atoms with van der Waals surface area (Å²) in [6.45, 7) is 0.320. The number of anilines is 1. The minimum Gasteiger partial charge on any atom is -0.482 e. The summed E-state index contributed by atoms with van der Waals surface area (Å²) in [5, 5.41) is 0.501. The van der Waals surface area contributed by atoms with E-state index in [1.165, 1.54) is 0 Å². The first-order chi connectivity index (χ1) is 7.27. The van der Waals surface area contributed by atoms with Gasteiger partial charge in [0.2, 0.25) is 0 Å². The van der Waals surface area contributed by atoms with Gasteiger partial charge in [0.15, 0.2) is 5.75 Å². The Hall–Kier alpha value is -1.61. The summed E-state index contributed by atoms with van der Waals surface area (Å²) in [6, 6.07) is 8.87. The third kappa shape index (κ3) is 2.25. The smallest absolute Gasteiger partial charge is 0.161 e. The average molecular weight is 224 g/mol. The van der Waals surface area contributed by atoms with Crippen LogP contribution in [0.25, 0.3) is 0 Å². The molecule has 0 spiro atoms. The van der Waals surface area contributed by atoms with Crippen molar-refractivity contribution >= 4 is 17.3 Å². The molecule has 4 heteroatoms. The molecule has 0 aliphatic heterocycles. The van der Waals surface area contributed by atoms with Crippen LogP contribution in [0.3, 0.4) is 0 Å². The predicted octanol–water partition coefficient (Wildman–Crippen LogP) is 3.09. The van der Waals surface area contributed by atoms with Crippen molar-refractivity contribution in [2.75, 3.05) is 5.73 Å². The fourth-order valence-electron chi connectivity index (χ4n) is 1.22. The van der Waals surface area contributed by atoms with Crippen LogP contribution in [0.1, 0.15) is 5.76 Å². The first-order valence-electron chi connectivity index (χ1n) is 4.46. The Morgan fingerprint density at radius 2 is 2.13 bits per heavy atom. The highest BCUT2D eigenvalue weighted by Gasteiger charge is 2.06. The van der Waals surface area contributed by atoms with Gasteiger partial charge in [-0.2, -0.15) is 0 Å². The van der Waals surface area contributed by atoms with E-state index in [9.17, 15) is 0 Å². The predicted molar refractivity (Wildman–Crippen MR) is 58.9 cm³/mol. The fraction of sp³-hybridized carbons (Fsp3) is 0.0909. The number of para-hydroxylation sites is 1. The molecular weight excluding hydrogens is 214 g/mol. The van der Waals surface area contributed by atoms with Crippen molar-refractivity contribution in [1.82, 2.24) is 0 Å². The molecule has 1 heterocycles. The quantitative estimate of drug-likeness (QED) is 0.814. The van der Waals surface area contributed by atoms with E-state index < -0.39 is 0 Å². The highest BCUT2D eigenvalue weighted by atomic mass is 35.5. The highest BCUT2D eigenvalue weighted by molar-refractivity contribution is 6.32. The molecule has 0 atom stereocenters. The zero-order valence-corrected chi connectivity index (χ0v) is 8.70. The van der Waals surface area contributed by atoms with Crippen LogP contribution < -0.4 is 10.5 Å². The maximum absolute atomic E-state index is 5.93. The van der Waals surface area contributed by atoms with Gasteiger partial charge in [-0.05, 0) is 24.3 Å². The minimum absolute atomic E-state index is 0.320. The highest BCUT2D eigenvalue weighted by Crippen LogP contribution is 2.31. The Morgan fingerprint density at radius 1 is 1.27 bits per heavy atom. The van der Waals surface area contributed by atoms with Crippen molar-refractivity contribution in [2.24, 2.45) is 0 Å². The molecule has 2 aromatic rings. The lowest BCUT2D eigenvalue weighted by atomic mass is 10.3. The van der Waals surface area contributed by atoms with Gasteiger partial charge in [0.05, 0.1) is 17.0 Å². The maximum atomic E-state index is 5.93. The molecule has 15 heavy (non-hydrogen) atoms. The first kappa shape index (κ1) is 9.93. The average Bonchev–Trinajstić information content (AvgIpc) is 2.70. The number of hydrogen-bond acceptors (Lipinski definition) is 3. The van der Waals surface area contributed by atoms with Crippen LogP contribution >= 0.6 is 11.6 Å². The molecule has 0 fully saturated rings. The van der Waals surface area contributed by atoms with E-state index in [0.29, 0.717) is 23.1 Å². The summed E-state index contributed by atoms with van der Waals surface area (Å²) in [5.74, 6) is 1.23. The second kappa shape index (κ2) is 4.28. The standard InChI is InChI=1S/C11H10ClNO2/c12-9-4-1-5-10(13)11(9)15-7-8-3-2-6-14-8/h1-6H,7,13H2. The molecule has 2 rings (SSSR count).